The lowest BCUT2D eigenvalue weighted by Crippen LogP contribution is -2.41. The number of nitrogens with zero attached hydrogens (tertiary/aromatic N) is 4. The van der Waals surface area contributed by atoms with Crippen molar-refractivity contribution in [1.29, 1.82) is 0 Å². The number of aliphatic hydroxyl groups is 1. The molecule has 4 rings (SSSR count). The Balaban J connectivity index is 1.56. The van der Waals surface area contributed by atoms with E-state index < -0.39 is 42.8 Å². The van der Waals surface area contributed by atoms with Crippen molar-refractivity contribution in [2.24, 2.45) is 0 Å². The van der Waals surface area contributed by atoms with Gasteiger partial charge in [0.05, 0.1) is 19.0 Å². The standard InChI is InChI=1S/C24H33FN7O6PS/c1-13(2)36-21(34)14(3)31-39(40,38-15-9-7-6-8-10-15)35-11-16-18(33)24(4,25)22(37-16)32-12-28-17-19(27-5)29-23(26)30-20(17)32/h6-10,12-14,16,18,22,33H,11H2,1-5H3,(H,31,40)(H3,26,27,29,30)/t14-,16-,18-,22-,24-,39?/m1/s1. The number of aliphatic hydroxyl groups excluding tert-OH is 1. The highest BCUT2D eigenvalue weighted by atomic mass is 32.5. The normalized spacial score (nSPS) is 25.1. The third kappa shape index (κ3) is 6.35. The van der Waals surface area contributed by atoms with Gasteiger partial charge in [-0.15, -0.1) is 0 Å². The monoisotopic (exact) mass is 597 g/mol. The van der Waals surface area contributed by atoms with Crippen LogP contribution in [0.5, 0.6) is 5.75 Å². The van der Waals surface area contributed by atoms with Crippen molar-refractivity contribution in [3.63, 3.8) is 0 Å². The second-order valence-corrected chi connectivity index (χ2v) is 12.8. The van der Waals surface area contributed by atoms with E-state index in [4.69, 9.17) is 36.1 Å². The Morgan fingerprint density at radius 1 is 1.32 bits per heavy atom. The van der Waals surface area contributed by atoms with E-state index in [0.717, 1.165) is 0 Å². The van der Waals surface area contributed by atoms with E-state index in [1.807, 2.05) is 0 Å². The summed E-state index contributed by atoms with van der Waals surface area (Å²) in [7, 11) is 1.64. The van der Waals surface area contributed by atoms with Crippen LogP contribution in [0.3, 0.4) is 0 Å². The summed E-state index contributed by atoms with van der Waals surface area (Å²) in [6.45, 7) is 2.42. The topological polar surface area (TPSA) is 168 Å². The highest BCUT2D eigenvalue weighted by Gasteiger charge is 2.56. The third-order valence-corrected chi connectivity index (χ3v) is 8.58. The lowest BCUT2D eigenvalue weighted by molar-refractivity contribution is -0.149. The molecule has 218 valence electrons. The van der Waals surface area contributed by atoms with Crippen LogP contribution in [0, 0.1) is 0 Å². The lowest BCUT2D eigenvalue weighted by atomic mass is 9.98. The van der Waals surface area contributed by atoms with Crippen molar-refractivity contribution >= 4 is 47.3 Å². The number of carbonyl (C=O) groups is 1. The second-order valence-electron chi connectivity index (χ2n) is 9.66. The van der Waals surface area contributed by atoms with Crippen molar-refractivity contribution in [2.45, 2.75) is 63.9 Å². The number of fused-ring (bicyclic) bond motifs is 1. The molecule has 3 heterocycles. The van der Waals surface area contributed by atoms with Gasteiger partial charge in [-0.2, -0.15) is 9.97 Å². The summed E-state index contributed by atoms with van der Waals surface area (Å²) >= 11 is 5.70. The molecule has 3 aromatic rings. The predicted molar refractivity (Wildman–Crippen MR) is 150 cm³/mol. The number of halogens is 1. The Bertz CT molecular complexity index is 1390. The maximum atomic E-state index is 16.0. The van der Waals surface area contributed by atoms with Gasteiger partial charge in [0.2, 0.25) is 5.95 Å². The first-order chi connectivity index (χ1) is 18.8. The fraction of sp³-hybridized carbons (Fsp3) is 0.500. The Morgan fingerprint density at radius 2 is 2.02 bits per heavy atom. The zero-order chi connectivity index (χ0) is 29.2. The minimum Gasteiger partial charge on any atom is -0.462 e. The van der Waals surface area contributed by atoms with Gasteiger partial charge in [-0.3, -0.25) is 9.36 Å². The Hall–Kier alpha value is -2.94. The molecule has 0 spiro atoms. The molecule has 2 aromatic heterocycles. The largest absolute Gasteiger partial charge is 0.462 e. The minimum atomic E-state index is -3.45. The molecule has 6 atom stereocenters. The fourth-order valence-corrected chi connectivity index (χ4v) is 6.55. The summed E-state index contributed by atoms with van der Waals surface area (Å²) in [5.41, 5.74) is 4.11. The molecule has 1 fully saturated rings. The van der Waals surface area contributed by atoms with E-state index in [1.165, 1.54) is 17.8 Å². The molecule has 1 unspecified atom stereocenters. The molecule has 0 radical (unpaired) electrons. The maximum Gasteiger partial charge on any atom is 0.323 e. The number of aromatic nitrogens is 4. The Kier molecular flexibility index (Phi) is 8.93. The van der Waals surface area contributed by atoms with Crippen LogP contribution in [0.4, 0.5) is 16.2 Å². The molecular formula is C24H33FN7O6PS. The van der Waals surface area contributed by atoms with Gasteiger partial charge < -0.3 is 34.7 Å². The number of hydrogen-bond donors (Lipinski definition) is 4. The molecule has 0 saturated carbocycles. The number of carbonyl (C=O) groups excluding carboxylic acids is 1. The lowest BCUT2D eigenvalue weighted by Gasteiger charge is -2.28. The number of para-hydroxylation sites is 1. The van der Waals surface area contributed by atoms with Crippen LogP contribution in [0.15, 0.2) is 36.7 Å². The summed E-state index contributed by atoms with van der Waals surface area (Å²) in [5.74, 6) is 0.154. The fourth-order valence-electron chi connectivity index (χ4n) is 4.14. The van der Waals surface area contributed by atoms with E-state index in [9.17, 15) is 9.90 Å². The van der Waals surface area contributed by atoms with Gasteiger partial charge in [-0.1, -0.05) is 18.2 Å². The average molecular weight is 598 g/mol. The van der Waals surface area contributed by atoms with Gasteiger partial charge in [0.25, 0.3) is 0 Å². The highest BCUT2D eigenvalue weighted by molar-refractivity contribution is 8.09. The van der Waals surface area contributed by atoms with Gasteiger partial charge in [-0.05, 0) is 51.6 Å². The highest BCUT2D eigenvalue weighted by Crippen LogP contribution is 2.48. The van der Waals surface area contributed by atoms with Crippen LogP contribution in [-0.2, 0) is 30.6 Å². The molecule has 40 heavy (non-hydrogen) atoms. The number of nitrogens with one attached hydrogen (secondary N) is 2. The molecule has 1 aliphatic rings. The van der Waals surface area contributed by atoms with Gasteiger partial charge in [0.1, 0.15) is 24.0 Å². The predicted octanol–water partition coefficient (Wildman–Crippen LogP) is 2.69. The van der Waals surface area contributed by atoms with Crippen LogP contribution in [0.25, 0.3) is 11.2 Å². The maximum absolute atomic E-state index is 16.0. The molecule has 1 aromatic carbocycles. The summed E-state index contributed by atoms with van der Waals surface area (Å²) in [5, 5.41) is 16.7. The van der Waals surface area contributed by atoms with Crippen molar-refractivity contribution in [3.8, 4) is 5.75 Å². The third-order valence-electron chi connectivity index (χ3n) is 6.08. The van der Waals surface area contributed by atoms with Crippen molar-refractivity contribution < 1.29 is 32.8 Å². The zero-order valence-electron chi connectivity index (χ0n) is 22.6. The van der Waals surface area contributed by atoms with Crippen LogP contribution in [0.1, 0.15) is 33.9 Å². The molecule has 0 amide bonds. The number of nitrogens with two attached hydrogens (primary N) is 1. The van der Waals surface area contributed by atoms with Crippen molar-refractivity contribution in [2.75, 3.05) is 24.7 Å². The first-order valence-electron chi connectivity index (χ1n) is 12.5. The Labute approximate surface area is 235 Å². The van der Waals surface area contributed by atoms with Crippen LogP contribution in [-0.4, -0.2) is 74.3 Å². The first-order valence-corrected chi connectivity index (χ1v) is 15.2. The average Bonchev–Trinajstić information content (AvgIpc) is 3.40. The van der Waals surface area contributed by atoms with E-state index in [0.29, 0.717) is 17.1 Å². The molecular weight excluding hydrogens is 564 g/mol. The van der Waals surface area contributed by atoms with Gasteiger partial charge in [0, 0.05) is 7.05 Å². The SMILES string of the molecule is CNc1nc(N)nc2c1ncn2[C@@H]1O[C@H](COP(=S)(N[C@H](C)C(=O)OC(C)C)Oc2ccccc2)[C@@H](O)[C@@]1(C)F. The number of benzene rings is 1. The quantitative estimate of drug-likeness (QED) is 0.188. The van der Waals surface area contributed by atoms with E-state index >= 15 is 4.39 Å². The molecule has 1 aliphatic heterocycles. The second kappa shape index (κ2) is 11.9. The van der Waals surface area contributed by atoms with Gasteiger partial charge in [-0.25, -0.2) is 14.5 Å². The molecule has 5 N–H and O–H groups in total. The van der Waals surface area contributed by atoms with E-state index in [-0.39, 0.29) is 24.3 Å². The molecule has 0 bridgehead atoms. The zero-order valence-corrected chi connectivity index (χ0v) is 24.4. The molecule has 0 aliphatic carbocycles. The molecule has 16 heteroatoms. The minimum absolute atomic E-state index is 0.0486. The van der Waals surface area contributed by atoms with E-state index in [1.54, 1.807) is 58.2 Å². The number of alkyl halides is 1. The molecule has 1 saturated heterocycles. The van der Waals surface area contributed by atoms with Crippen molar-refractivity contribution in [1.82, 2.24) is 24.6 Å². The van der Waals surface area contributed by atoms with Crippen LogP contribution in [0.2, 0.25) is 0 Å². The van der Waals surface area contributed by atoms with E-state index in [2.05, 4.69) is 25.4 Å². The summed E-state index contributed by atoms with van der Waals surface area (Å²) in [6.07, 6.45) is -3.12. The number of hydrogen-bond acceptors (Lipinski definition) is 12. The summed E-state index contributed by atoms with van der Waals surface area (Å²) in [4.78, 5) is 25.0. The number of imidazole rings is 1. The summed E-state index contributed by atoms with van der Waals surface area (Å²) < 4.78 is 40.5. The number of esters is 1. The van der Waals surface area contributed by atoms with Gasteiger partial charge >= 0.3 is 12.6 Å². The van der Waals surface area contributed by atoms with Crippen molar-refractivity contribution in [3.05, 3.63) is 36.7 Å². The molecule has 13 nitrogen and oxygen atoms in total. The van der Waals surface area contributed by atoms with Gasteiger partial charge in [0.15, 0.2) is 28.9 Å². The smallest absolute Gasteiger partial charge is 0.323 e. The first kappa shape index (κ1) is 30.0. The van der Waals surface area contributed by atoms with Crippen LogP contribution >= 0.6 is 6.64 Å². The Morgan fingerprint density at radius 3 is 2.67 bits per heavy atom. The number of nitrogen functional groups attached to an aromatic ring is 1. The van der Waals surface area contributed by atoms with Crippen LogP contribution < -0.4 is 20.7 Å². The number of ether oxygens (including phenoxy) is 2. The summed E-state index contributed by atoms with van der Waals surface area (Å²) in [6, 6.07) is 7.77. The number of rotatable bonds is 11. The number of anilines is 2.